The molecule has 0 aliphatic heterocycles. The number of halogens is 1. The minimum Gasteiger partial charge on any atom is -0.316 e. The molecule has 0 saturated carbocycles. The molecule has 0 unspecified atom stereocenters. The van der Waals surface area contributed by atoms with Crippen molar-refractivity contribution in [3.63, 3.8) is 0 Å². The van der Waals surface area contributed by atoms with Crippen molar-refractivity contribution in [3.05, 3.63) is 53.1 Å². The third-order valence-electron chi connectivity index (χ3n) is 2.86. The van der Waals surface area contributed by atoms with E-state index in [1.54, 1.807) is 23.1 Å². The van der Waals surface area contributed by atoms with Crippen molar-refractivity contribution >= 4 is 44.9 Å². The van der Waals surface area contributed by atoms with E-state index in [0.717, 1.165) is 21.4 Å². The molecule has 3 rings (SSSR count). The Morgan fingerprint density at radius 3 is 2.90 bits per heavy atom. The highest BCUT2D eigenvalue weighted by atomic mass is 35.5. The number of para-hydroxylation sites is 1. The number of hydrogen-bond donors (Lipinski definition) is 1. The van der Waals surface area contributed by atoms with Crippen molar-refractivity contribution in [3.8, 4) is 0 Å². The highest BCUT2D eigenvalue weighted by Gasteiger charge is 2.09. The molecule has 2 nitrogen and oxygen atoms in total. The summed E-state index contributed by atoms with van der Waals surface area (Å²) >= 11 is 9.49. The molecule has 0 spiro atoms. The van der Waals surface area contributed by atoms with Gasteiger partial charge >= 0.3 is 0 Å². The van der Waals surface area contributed by atoms with Crippen molar-refractivity contribution in [1.82, 2.24) is 10.3 Å². The standard InChI is InChI=1S/C15H13ClN2S2/c1-17-9-10-8-11(16)6-7-13(10)19-15-18-12-4-2-3-5-14(12)20-15/h2-8,17H,9H2,1H3. The van der Waals surface area contributed by atoms with Crippen molar-refractivity contribution in [2.24, 2.45) is 0 Å². The quantitative estimate of drug-likeness (QED) is 0.746. The summed E-state index contributed by atoms with van der Waals surface area (Å²) in [5.41, 5.74) is 2.26. The number of nitrogens with one attached hydrogen (secondary N) is 1. The minimum atomic E-state index is 0.767. The molecule has 1 heterocycles. The van der Waals surface area contributed by atoms with Crippen LogP contribution in [0.1, 0.15) is 5.56 Å². The van der Waals surface area contributed by atoms with Gasteiger partial charge in [0.25, 0.3) is 0 Å². The normalized spacial score (nSPS) is 11.1. The summed E-state index contributed by atoms with van der Waals surface area (Å²) in [7, 11) is 1.94. The van der Waals surface area contributed by atoms with Gasteiger partial charge in [-0.1, -0.05) is 35.5 Å². The van der Waals surface area contributed by atoms with E-state index in [4.69, 9.17) is 11.6 Å². The van der Waals surface area contributed by atoms with Crippen LogP contribution in [0, 0.1) is 0 Å². The summed E-state index contributed by atoms with van der Waals surface area (Å²) in [6.07, 6.45) is 0. The molecule has 2 aromatic carbocycles. The molecule has 3 aromatic rings. The molecule has 20 heavy (non-hydrogen) atoms. The van der Waals surface area contributed by atoms with E-state index in [0.29, 0.717) is 0 Å². The van der Waals surface area contributed by atoms with Gasteiger partial charge in [0.15, 0.2) is 4.34 Å². The lowest BCUT2D eigenvalue weighted by Crippen LogP contribution is -2.06. The highest BCUT2D eigenvalue weighted by molar-refractivity contribution is 8.01. The Bertz CT molecular complexity index is 707. The van der Waals surface area contributed by atoms with Crippen LogP contribution in [0.4, 0.5) is 0 Å². The van der Waals surface area contributed by atoms with Gasteiger partial charge in [0.05, 0.1) is 10.2 Å². The Kier molecular flexibility index (Phi) is 4.27. The first kappa shape index (κ1) is 13.9. The van der Waals surface area contributed by atoms with Crippen molar-refractivity contribution in [1.29, 1.82) is 0 Å². The minimum absolute atomic E-state index is 0.767. The van der Waals surface area contributed by atoms with Crippen molar-refractivity contribution in [2.75, 3.05) is 7.05 Å². The van der Waals surface area contributed by atoms with Crippen LogP contribution in [0.3, 0.4) is 0 Å². The first-order valence-electron chi connectivity index (χ1n) is 6.23. The van der Waals surface area contributed by atoms with E-state index >= 15 is 0 Å². The molecule has 5 heteroatoms. The second-order valence-electron chi connectivity index (χ2n) is 4.33. The third kappa shape index (κ3) is 2.99. The van der Waals surface area contributed by atoms with Crippen molar-refractivity contribution in [2.45, 2.75) is 15.8 Å². The van der Waals surface area contributed by atoms with Gasteiger partial charge in [-0.05, 0) is 42.9 Å². The molecule has 0 aliphatic rings. The van der Waals surface area contributed by atoms with E-state index in [-0.39, 0.29) is 0 Å². The lowest BCUT2D eigenvalue weighted by molar-refractivity contribution is 0.803. The Balaban J connectivity index is 1.93. The third-order valence-corrected chi connectivity index (χ3v) is 5.31. The maximum Gasteiger partial charge on any atom is 0.155 e. The number of hydrogen-bond acceptors (Lipinski definition) is 4. The zero-order chi connectivity index (χ0) is 13.9. The van der Waals surface area contributed by atoms with Crippen molar-refractivity contribution < 1.29 is 0 Å². The summed E-state index contributed by atoms with van der Waals surface area (Å²) in [5.74, 6) is 0. The fraction of sp³-hybridized carbons (Fsp3) is 0.133. The topological polar surface area (TPSA) is 24.9 Å². The molecular weight excluding hydrogens is 308 g/mol. The van der Waals surface area contributed by atoms with Gasteiger partial charge in [-0.3, -0.25) is 0 Å². The summed E-state index contributed by atoms with van der Waals surface area (Å²) in [4.78, 5) is 5.86. The molecular formula is C15H13ClN2S2. The predicted molar refractivity (Wildman–Crippen MR) is 88.0 cm³/mol. The molecule has 0 amide bonds. The highest BCUT2D eigenvalue weighted by Crippen LogP contribution is 2.36. The van der Waals surface area contributed by atoms with Gasteiger partial charge in [-0.25, -0.2) is 4.98 Å². The summed E-state index contributed by atoms with van der Waals surface area (Å²) in [5, 5.41) is 3.94. The molecule has 102 valence electrons. The summed E-state index contributed by atoms with van der Waals surface area (Å²) < 4.78 is 2.28. The van der Waals surface area contributed by atoms with Gasteiger partial charge < -0.3 is 5.32 Å². The van der Waals surface area contributed by atoms with Crippen LogP contribution in [0.5, 0.6) is 0 Å². The SMILES string of the molecule is CNCc1cc(Cl)ccc1Sc1nc2ccccc2s1. The Morgan fingerprint density at radius 2 is 2.10 bits per heavy atom. The first-order valence-corrected chi connectivity index (χ1v) is 8.24. The van der Waals surface area contributed by atoms with E-state index in [1.807, 2.05) is 37.4 Å². The van der Waals surface area contributed by atoms with Gasteiger partial charge in [0.1, 0.15) is 0 Å². The second-order valence-corrected chi connectivity index (χ2v) is 7.09. The number of rotatable bonds is 4. The van der Waals surface area contributed by atoms with Crippen LogP contribution in [0.15, 0.2) is 51.7 Å². The fourth-order valence-electron chi connectivity index (χ4n) is 1.96. The zero-order valence-corrected chi connectivity index (χ0v) is 13.3. The molecule has 0 radical (unpaired) electrons. The van der Waals surface area contributed by atoms with Crippen LogP contribution < -0.4 is 5.32 Å². The second kappa shape index (κ2) is 6.14. The summed E-state index contributed by atoms with van der Waals surface area (Å²) in [6.45, 7) is 0.799. The predicted octanol–water partition coefficient (Wildman–Crippen LogP) is 4.82. The van der Waals surface area contributed by atoms with Gasteiger partial charge in [0, 0.05) is 16.5 Å². The van der Waals surface area contributed by atoms with Crippen LogP contribution in [-0.2, 0) is 6.54 Å². The number of nitrogens with zero attached hydrogens (tertiary/aromatic N) is 1. The molecule has 0 fully saturated rings. The molecule has 1 N–H and O–H groups in total. The number of fused-ring (bicyclic) bond motifs is 1. The lowest BCUT2D eigenvalue weighted by Gasteiger charge is -2.07. The monoisotopic (exact) mass is 320 g/mol. The van der Waals surface area contributed by atoms with Gasteiger partial charge in [0.2, 0.25) is 0 Å². The number of thiazole rings is 1. The summed E-state index contributed by atoms with van der Waals surface area (Å²) in [6, 6.07) is 14.2. The number of benzene rings is 2. The molecule has 0 saturated heterocycles. The molecule has 0 bridgehead atoms. The van der Waals surface area contributed by atoms with E-state index in [1.165, 1.54) is 15.2 Å². The Hall–Kier alpha value is -1.07. The Morgan fingerprint density at radius 1 is 1.25 bits per heavy atom. The molecule has 1 aromatic heterocycles. The Labute approximate surface area is 131 Å². The lowest BCUT2D eigenvalue weighted by atomic mass is 10.2. The maximum absolute atomic E-state index is 6.07. The molecule has 0 aliphatic carbocycles. The smallest absolute Gasteiger partial charge is 0.155 e. The van der Waals surface area contributed by atoms with Crippen LogP contribution in [0.2, 0.25) is 5.02 Å². The first-order chi connectivity index (χ1) is 9.76. The van der Waals surface area contributed by atoms with Crippen LogP contribution >= 0.6 is 34.7 Å². The van der Waals surface area contributed by atoms with Crippen LogP contribution in [0.25, 0.3) is 10.2 Å². The average molecular weight is 321 g/mol. The van der Waals surface area contributed by atoms with E-state index in [2.05, 4.69) is 22.4 Å². The van der Waals surface area contributed by atoms with Crippen LogP contribution in [-0.4, -0.2) is 12.0 Å². The van der Waals surface area contributed by atoms with Gasteiger partial charge in [-0.2, -0.15) is 0 Å². The molecule has 0 atom stereocenters. The number of aromatic nitrogens is 1. The van der Waals surface area contributed by atoms with E-state index in [9.17, 15) is 0 Å². The van der Waals surface area contributed by atoms with E-state index < -0.39 is 0 Å². The fourth-order valence-corrected chi connectivity index (χ4v) is 4.29. The largest absolute Gasteiger partial charge is 0.316 e. The van der Waals surface area contributed by atoms with Gasteiger partial charge in [-0.15, -0.1) is 11.3 Å². The zero-order valence-electron chi connectivity index (χ0n) is 10.9. The maximum atomic E-state index is 6.07. The average Bonchev–Trinajstić information content (AvgIpc) is 2.84.